The van der Waals surface area contributed by atoms with Gasteiger partial charge in [-0.25, -0.2) is 4.79 Å². The van der Waals surface area contributed by atoms with Crippen molar-refractivity contribution in [2.75, 3.05) is 19.6 Å². The van der Waals surface area contributed by atoms with E-state index in [2.05, 4.69) is 41.4 Å². The van der Waals surface area contributed by atoms with Crippen LogP contribution >= 0.6 is 0 Å². The highest BCUT2D eigenvalue weighted by atomic mass is 16.6. The van der Waals surface area contributed by atoms with E-state index in [1.54, 1.807) is 0 Å². The van der Waals surface area contributed by atoms with Crippen molar-refractivity contribution in [3.63, 3.8) is 0 Å². The molecule has 2 heterocycles. The first-order valence-corrected chi connectivity index (χ1v) is 10.3. The summed E-state index contributed by atoms with van der Waals surface area (Å²) in [7, 11) is 0. The van der Waals surface area contributed by atoms with Crippen LogP contribution in [0, 0.1) is 5.92 Å². The van der Waals surface area contributed by atoms with E-state index in [9.17, 15) is 4.79 Å². The van der Waals surface area contributed by atoms with Crippen molar-refractivity contribution in [2.45, 2.75) is 32.3 Å². The second-order valence-corrected chi connectivity index (χ2v) is 7.65. The Labute approximate surface area is 167 Å². The lowest BCUT2D eigenvalue weighted by Crippen LogP contribution is -2.29. The lowest BCUT2D eigenvalue weighted by molar-refractivity contribution is 0.110. The minimum atomic E-state index is -0.220. The van der Waals surface area contributed by atoms with Gasteiger partial charge in [0.25, 0.3) is 0 Å². The molecule has 0 saturated carbocycles. The summed E-state index contributed by atoms with van der Waals surface area (Å²) < 4.78 is 5.59. The number of hydrogen-bond acceptors (Lipinski definition) is 3. The van der Waals surface area contributed by atoms with Crippen molar-refractivity contribution >= 4 is 6.09 Å². The molecule has 0 radical (unpaired) electrons. The molecule has 4 heteroatoms. The maximum absolute atomic E-state index is 12.7. The van der Waals surface area contributed by atoms with Gasteiger partial charge in [0.1, 0.15) is 6.61 Å². The maximum Gasteiger partial charge on any atom is 0.414 e. The van der Waals surface area contributed by atoms with Crippen molar-refractivity contribution in [3.8, 4) is 0 Å². The summed E-state index contributed by atoms with van der Waals surface area (Å²) in [5.74, 6) is 0.478. The number of amides is 1. The van der Waals surface area contributed by atoms with E-state index in [1.165, 1.54) is 12.0 Å². The van der Waals surface area contributed by atoms with Crippen LogP contribution in [0.1, 0.15) is 30.4 Å². The smallest absolute Gasteiger partial charge is 0.414 e. The van der Waals surface area contributed by atoms with Gasteiger partial charge in [0.2, 0.25) is 0 Å². The van der Waals surface area contributed by atoms with E-state index in [4.69, 9.17) is 4.74 Å². The second kappa shape index (κ2) is 8.96. The van der Waals surface area contributed by atoms with E-state index in [0.717, 1.165) is 50.2 Å². The molecule has 4 nitrogen and oxygen atoms in total. The number of nitrogens with zero attached hydrogens (tertiary/aromatic N) is 2. The molecule has 0 N–H and O–H groups in total. The standard InChI is InChI=1S/C24H28N2O2/c27-24(28-19-21-10-5-2-6-11-21)26-17-14-22-12-7-15-25(18-23(22)26)16-13-20-8-3-1-4-9-20/h1-6,8-11,18,22H,7,12-17,19H2/t22-/m1/s1. The van der Waals surface area contributed by atoms with Crippen molar-refractivity contribution in [1.82, 2.24) is 9.80 Å². The number of benzene rings is 2. The summed E-state index contributed by atoms with van der Waals surface area (Å²) in [5.41, 5.74) is 3.52. The highest BCUT2D eigenvalue weighted by Gasteiger charge is 2.34. The van der Waals surface area contributed by atoms with Crippen molar-refractivity contribution < 1.29 is 9.53 Å². The molecule has 0 spiro atoms. The number of carbonyl (C=O) groups excluding carboxylic acids is 1. The molecule has 0 aliphatic carbocycles. The van der Waals surface area contributed by atoms with Crippen LogP contribution in [-0.2, 0) is 17.8 Å². The first kappa shape index (κ1) is 18.6. The molecule has 2 aromatic carbocycles. The predicted molar refractivity (Wildman–Crippen MR) is 110 cm³/mol. The number of likely N-dealkylation sites (tertiary alicyclic amines) is 1. The number of ether oxygens (including phenoxy) is 1. The van der Waals surface area contributed by atoms with E-state index < -0.39 is 0 Å². The highest BCUT2D eigenvalue weighted by Crippen LogP contribution is 2.34. The number of rotatable bonds is 5. The van der Waals surface area contributed by atoms with E-state index in [0.29, 0.717) is 12.5 Å². The topological polar surface area (TPSA) is 32.8 Å². The number of hydrogen-bond donors (Lipinski definition) is 0. The third kappa shape index (κ3) is 4.56. The van der Waals surface area contributed by atoms with Crippen molar-refractivity contribution in [2.24, 2.45) is 5.92 Å². The molecule has 1 atom stereocenters. The zero-order valence-corrected chi connectivity index (χ0v) is 16.3. The third-order valence-electron chi connectivity index (χ3n) is 5.70. The van der Waals surface area contributed by atoms with Gasteiger partial charge in [0.15, 0.2) is 0 Å². The minimum absolute atomic E-state index is 0.220. The van der Waals surface area contributed by atoms with E-state index >= 15 is 0 Å². The third-order valence-corrected chi connectivity index (χ3v) is 5.70. The van der Waals surface area contributed by atoms with Crippen molar-refractivity contribution in [1.29, 1.82) is 0 Å². The molecule has 2 aromatic rings. The van der Waals surface area contributed by atoms with E-state index in [-0.39, 0.29) is 6.09 Å². The summed E-state index contributed by atoms with van der Waals surface area (Å²) >= 11 is 0. The first-order chi connectivity index (χ1) is 13.8. The number of fused-ring (bicyclic) bond motifs is 1. The molecule has 1 fully saturated rings. The van der Waals surface area contributed by atoms with Crippen LogP contribution in [0.25, 0.3) is 0 Å². The molecule has 1 saturated heterocycles. The molecular formula is C24H28N2O2. The van der Waals surface area contributed by atoms with Gasteiger partial charge in [-0.3, -0.25) is 4.90 Å². The molecule has 4 rings (SSSR count). The molecule has 2 aliphatic heterocycles. The summed E-state index contributed by atoms with van der Waals surface area (Å²) in [5, 5.41) is 0. The Bertz CT molecular complexity index is 804. The maximum atomic E-state index is 12.7. The monoisotopic (exact) mass is 376 g/mol. The average molecular weight is 377 g/mol. The van der Waals surface area contributed by atoms with Crippen LogP contribution in [-0.4, -0.2) is 35.5 Å². The summed E-state index contributed by atoms with van der Waals surface area (Å²) in [6, 6.07) is 20.5. The summed E-state index contributed by atoms with van der Waals surface area (Å²) in [6.45, 7) is 3.12. The lowest BCUT2D eigenvalue weighted by Gasteiger charge is -2.23. The van der Waals surface area contributed by atoms with Crippen LogP contribution in [0.15, 0.2) is 72.6 Å². The van der Waals surface area contributed by atoms with Crippen LogP contribution in [0.2, 0.25) is 0 Å². The van der Waals surface area contributed by atoms with E-state index in [1.807, 2.05) is 35.2 Å². The molecule has 146 valence electrons. The lowest BCUT2D eigenvalue weighted by atomic mass is 10.0. The van der Waals surface area contributed by atoms with Gasteiger partial charge in [-0.2, -0.15) is 0 Å². The van der Waals surface area contributed by atoms with Crippen LogP contribution < -0.4 is 0 Å². The molecule has 0 unspecified atom stereocenters. The minimum Gasteiger partial charge on any atom is -0.444 e. The van der Waals surface area contributed by atoms with Crippen LogP contribution in [0.4, 0.5) is 4.79 Å². The molecule has 1 amide bonds. The van der Waals surface area contributed by atoms with Gasteiger partial charge in [0.05, 0.1) is 0 Å². The predicted octanol–water partition coefficient (Wildman–Crippen LogP) is 4.83. The SMILES string of the molecule is O=C(OCc1ccccc1)N1CC[C@H]2CCCN(CCc3ccccc3)C=C21. The van der Waals surface area contributed by atoms with Gasteiger partial charge in [-0.15, -0.1) is 0 Å². The highest BCUT2D eigenvalue weighted by molar-refractivity contribution is 5.70. The second-order valence-electron chi connectivity index (χ2n) is 7.65. The summed E-state index contributed by atoms with van der Waals surface area (Å²) in [4.78, 5) is 17.0. The Hall–Kier alpha value is -2.75. The quantitative estimate of drug-likeness (QED) is 0.750. The first-order valence-electron chi connectivity index (χ1n) is 10.3. The molecule has 28 heavy (non-hydrogen) atoms. The average Bonchev–Trinajstić information content (AvgIpc) is 3.03. The van der Waals surface area contributed by atoms with Gasteiger partial charge in [0, 0.05) is 37.4 Å². The zero-order chi connectivity index (χ0) is 19.2. The zero-order valence-electron chi connectivity index (χ0n) is 16.3. The molecular weight excluding hydrogens is 348 g/mol. The Kier molecular flexibility index (Phi) is 5.95. The fourth-order valence-corrected chi connectivity index (χ4v) is 4.13. The Balaban J connectivity index is 1.39. The number of allylic oxidation sites excluding steroid dienone is 1. The summed E-state index contributed by atoms with van der Waals surface area (Å²) in [6.07, 6.45) is 6.38. The fourth-order valence-electron chi connectivity index (χ4n) is 4.13. The Morgan fingerprint density at radius 1 is 0.929 bits per heavy atom. The molecule has 2 aliphatic rings. The fraction of sp³-hybridized carbons (Fsp3) is 0.375. The van der Waals surface area contributed by atoms with Crippen molar-refractivity contribution in [3.05, 3.63) is 83.7 Å². The number of carbonyl (C=O) groups is 1. The van der Waals surface area contributed by atoms with Crippen LogP contribution in [0.5, 0.6) is 0 Å². The van der Waals surface area contributed by atoms with Gasteiger partial charge in [-0.1, -0.05) is 60.7 Å². The molecule has 0 bridgehead atoms. The van der Waals surface area contributed by atoms with Gasteiger partial charge >= 0.3 is 6.09 Å². The van der Waals surface area contributed by atoms with Gasteiger partial charge < -0.3 is 9.64 Å². The normalized spacial score (nSPS) is 19.0. The Morgan fingerprint density at radius 2 is 1.64 bits per heavy atom. The van der Waals surface area contributed by atoms with Crippen LogP contribution in [0.3, 0.4) is 0 Å². The van der Waals surface area contributed by atoms with Gasteiger partial charge in [-0.05, 0) is 36.8 Å². The Morgan fingerprint density at radius 3 is 2.39 bits per heavy atom. The molecule has 0 aromatic heterocycles. The largest absolute Gasteiger partial charge is 0.444 e.